The van der Waals surface area contributed by atoms with Crippen LogP contribution in [-0.4, -0.2) is 44.5 Å². The molecule has 238 valence electrons. The largest absolute Gasteiger partial charge is 0.464 e. The molecule has 2 atom stereocenters. The number of carbonyl (C=O) groups is 2. The van der Waals surface area contributed by atoms with E-state index in [1.807, 2.05) is 20.8 Å². The van der Waals surface area contributed by atoms with Gasteiger partial charge in [-0.05, 0) is 31.1 Å². The summed E-state index contributed by atoms with van der Waals surface area (Å²) < 4.78 is 11.0. The van der Waals surface area contributed by atoms with Crippen LogP contribution in [0.15, 0.2) is 6.33 Å². The number of unbranched alkanes of at least 4 members (excludes halogenated alkanes) is 14. The van der Waals surface area contributed by atoms with E-state index in [1.54, 1.807) is 6.33 Å². The van der Waals surface area contributed by atoms with Crippen LogP contribution < -0.4 is 10.5 Å². The van der Waals surface area contributed by atoms with Crippen molar-refractivity contribution in [3.05, 3.63) is 12.0 Å². The lowest BCUT2D eigenvalue weighted by molar-refractivity contribution is -0.147. The summed E-state index contributed by atoms with van der Waals surface area (Å²) in [6, 6.07) is -0.624. The number of nitrogens with zero attached hydrogens (tertiary/aromatic N) is 3. The summed E-state index contributed by atoms with van der Waals surface area (Å²) in [5, 5.41) is 0. The standard InChI is InChI=1S/C33H57N5O4/c1-5-7-8-9-10-11-12-13-14-15-16-17-18-19-20-21-28(39)42-33-37-27(30-31(38-33)36-24-35-30)22-26(6-2)23-41-32(40)29(34)25(3)4/h24-26,29H,5-23,34H2,1-4H3,(H,35,36,37,38)/t26?,29-/m0/s1. The van der Waals surface area contributed by atoms with Crippen LogP contribution in [0, 0.1) is 11.8 Å². The number of H-pyrrole nitrogens is 1. The van der Waals surface area contributed by atoms with Crippen molar-refractivity contribution in [2.75, 3.05) is 6.61 Å². The highest BCUT2D eigenvalue weighted by molar-refractivity contribution is 5.76. The lowest BCUT2D eigenvalue weighted by Gasteiger charge is -2.18. The van der Waals surface area contributed by atoms with E-state index in [0.29, 0.717) is 29.7 Å². The van der Waals surface area contributed by atoms with E-state index >= 15 is 0 Å². The quantitative estimate of drug-likeness (QED) is 0.0946. The van der Waals surface area contributed by atoms with Gasteiger partial charge in [0, 0.05) is 6.42 Å². The van der Waals surface area contributed by atoms with Gasteiger partial charge in [-0.15, -0.1) is 0 Å². The van der Waals surface area contributed by atoms with E-state index < -0.39 is 12.0 Å². The molecular formula is C33H57N5O4. The third kappa shape index (κ3) is 14.1. The summed E-state index contributed by atoms with van der Waals surface area (Å²) in [7, 11) is 0. The molecule has 9 heteroatoms. The first-order chi connectivity index (χ1) is 20.3. The predicted molar refractivity (Wildman–Crippen MR) is 168 cm³/mol. The molecule has 2 rings (SSSR count). The Kier molecular flexibility index (Phi) is 18.0. The van der Waals surface area contributed by atoms with Gasteiger partial charge in [0.15, 0.2) is 5.65 Å². The number of carbonyl (C=O) groups excluding carboxylic acids is 2. The second kappa shape index (κ2) is 21.2. The van der Waals surface area contributed by atoms with E-state index in [4.69, 9.17) is 15.2 Å². The Hall–Kier alpha value is -2.55. The number of fused-ring (bicyclic) bond motifs is 1. The second-order valence-corrected chi connectivity index (χ2v) is 12.1. The summed E-state index contributed by atoms with van der Waals surface area (Å²) >= 11 is 0. The molecule has 0 aromatic carbocycles. The Morgan fingerprint density at radius 2 is 1.43 bits per heavy atom. The average molecular weight is 588 g/mol. The fourth-order valence-electron chi connectivity index (χ4n) is 5.02. The van der Waals surface area contributed by atoms with Crippen LogP contribution in [0.4, 0.5) is 0 Å². The monoisotopic (exact) mass is 587 g/mol. The number of hydrogen-bond acceptors (Lipinski definition) is 8. The summed E-state index contributed by atoms with van der Waals surface area (Å²) in [6.45, 7) is 8.32. The average Bonchev–Trinajstić information content (AvgIpc) is 3.45. The minimum Gasteiger partial charge on any atom is -0.464 e. The minimum atomic E-state index is -0.642. The zero-order valence-electron chi connectivity index (χ0n) is 26.8. The summed E-state index contributed by atoms with van der Waals surface area (Å²) in [6.07, 6.45) is 22.4. The second-order valence-electron chi connectivity index (χ2n) is 12.1. The molecule has 3 N–H and O–H groups in total. The van der Waals surface area contributed by atoms with Crippen LogP contribution in [-0.2, 0) is 20.7 Å². The highest BCUT2D eigenvalue weighted by atomic mass is 16.5. The van der Waals surface area contributed by atoms with Crippen LogP contribution >= 0.6 is 0 Å². The Bertz CT molecular complexity index is 1030. The molecule has 0 spiro atoms. The van der Waals surface area contributed by atoms with Crippen molar-refractivity contribution in [3.8, 4) is 6.01 Å². The molecule has 2 aromatic heterocycles. The maximum absolute atomic E-state index is 12.5. The SMILES string of the molecule is CCCCCCCCCCCCCCCCCC(=O)Oc1nc(CC(CC)COC(=O)[C@@H](N)C(C)C)c2[nH]cnc2n1. The van der Waals surface area contributed by atoms with Gasteiger partial charge in [-0.3, -0.25) is 9.59 Å². The van der Waals surface area contributed by atoms with Gasteiger partial charge in [-0.1, -0.05) is 118 Å². The summed E-state index contributed by atoms with van der Waals surface area (Å²) in [5.41, 5.74) is 7.74. The lowest BCUT2D eigenvalue weighted by Crippen LogP contribution is -2.37. The van der Waals surface area contributed by atoms with Crippen molar-refractivity contribution in [2.45, 2.75) is 149 Å². The molecule has 42 heavy (non-hydrogen) atoms. The van der Waals surface area contributed by atoms with Crippen molar-refractivity contribution in [3.63, 3.8) is 0 Å². The fourth-order valence-corrected chi connectivity index (χ4v) is 5.02. The molecule has 0 aliphatic rings. The molecule has 0 radical (unpaired) electrons. The molecule has 0 fully saturated rings. The Morgan fingerprint density at radius 3 is 1.98 bits per heavy atom. The Labute approximate surface area is 253 Å². The maximum Gasteiger partial charge on any atom is 0.326 e. The van der Waals surface area contributed by atoms with Crippen molar-refractivity contribution < 1.29 is 19.1 Å². The number of hydrogen-bond donors (Lipinski definition) is 2. The zero-order valence-corrected chi connectivity index (χ0v) is 26.8. The minimum absolute atomic E-state index is 0.00988. The zero-order chi connectivity index (χ0) is 30.6. The first-order valence-corrected chi connectivity index (χ1v) is 16.7. The highest BCUT2D eigenvalue weighted by Gasteiger charge is 2.22. The summed E-state index contributed by atoms with van der Waals surface area (Å²) in [5.74, 6) is -0.685. The van der Waals surface area contributed by atoms with Crippen molar-refractivity contribution in [1.82, 2.24) is 19.9 Å². The van der Waals surface area contributed by atoms with Crippen LogP contribution in [0.2, 0.25) is 0 Å². The van der Waals surface area contributed by atoms with E-state index in [0.717, 1.165) is 25.7 Å². The number of esters is 2. The first kappa shape index (κ1) is 35.6. The number of imidazole rings is 1. The number of nitrogens with two attached hydrogens (primary N) is 1. The fraction of sp³-hybridized carbons (Fsp3) is 0.788. The molecule has 0 saturated carbocycles. The molecule has 2 heterocycles. The summed E-state index contributed by atoms with van der Waals surface area (Å²) in [4.78, 5) is 40.9. The number of nitrogens with one attached hydrogen (secondary N) is 1. The third-order valence-electron chi connectivity index (χ3n) is 8.04. The molecule has 9 nitrogen and oxygen atoms in total. The number of rotatable bonds is 24. The van der Waals surface area contributed by atoms with Crippen LogP contribution in [0.25, 0.3) is 11.2 Å². The van der Waals surface area contributed by atoms with Crippen LogP contribution in [0.5, 0.6) is 6.01 Å². The van der Waals surface area contributed by atoms with E-state index in [-0.39, 0.29) is 30.4 Å². The van der Waals surface area contributed by atoms with Gasteiger partial charge in [-0.2, -0.15) is 9.97 Å². The Balaban J connectivity index is 1.67. The van der Waals surface area contributed by atoms with E-state index in [2.05, 4.69) is 26.9 Å². The van der Waals surface area contributed by atoms with Gasteiger partial charge in [0.25, 0.3) is 0 Å². The third-order valence-corrected chi connectivity index (χ3v) is 8.04. The molecule has 2 aromatic rings. The molecule has 0 saturated heterocycles. The molecule has 0 amide bonds. The molecule has 0 bridgehead atoms. The van der Waals surface area contributed by atoms with Crippen molar-refractivity contribution in [2.24, 2.45) is 17.6 Å². The van der Waals surface area contributed by atoms with Gasteiger partial charge >= 0.3 is 17.9 Å². The molecule has 0 aliphatic heterocycles. The van der Waals surface area contributed by atoms with Gasteiger partial charge in [0.2, 0.25) is 0 Å². The molecular weight excluding hydrogens is 530 g/mol. The normalized spacial score (nSPS) is 13.0. The van der Waals surface area contributed by atoms with Crippen molar-refractivity contribution in [1.29, 1.82) is 0 Å². The van der Waals surface area contributed by atoms with Gasteiger partial charge in [-0.25, -0.2) is 4.98 Å². The molecule has 0 aliphatic carbocycles. The van der Waals surface area contributed by atoms with E-state index in [9.17, 15) is 9.59 Å². The van der Waals surface area contributed by atoms with Gasteiger partial charge in [0.05, 0.1) is 18.6 Å². The van der Waals surface area contributed by atoms with Crippen LogP contribution in [0.3, 0.4) is 0 Å². The highest BCUT2D eigenvalue weighted by Crippen LogP contribution is 2.21. The maximum atomic E-state index is 12.5. The first-order valence-electron chi connectivity index (χ1n) is 16.7. The van der Waals surface area contributed by atoms with Gasteiger partial charge < -0.3 is 20.2 Å². The van der Waals surface area contributed by atoms with Crippen molar-refractivity contribution >= 4 is 23.1 Å². The number of aromatic amines is 1. The number of ether oxygens (including phenoxy) is 2. The Morgan fingerprint density at radius 1 is 0.857 bits per heavy atom. The number of aromatic nitrogens is 4. The topological polar surface area (TPSA) is 133 Å². The molecule has 1 unspecified atom stereocenters. The lowest BCUT2D eigenvalue weighted by atomic mass is 10.0. The van der Waals surface area contributed by atoms with E-state index in [1.165, 1.54) is 77.0 Å². The van der Waals surface area contributed by atoms with Gasteiger partial charge in [0.1, 0.15) is 11.6 Å². The predicted octanol–water partition coefficient (Wildman–Crippen LogP) is 7.62. The smallest absolute Gasteiger partial charge is 0.326 e. The van der Waals surface area contributed by atoms with Crippen LogP contribution in [0.1, 0.15) is 143 Å².